The first-order valence-corrected chi connectivity index (χ1v) is 8.94. The smallest absolute Gasteiger partial charge is 0.256 e. The summed E-state index contributed by atoms with van der Waals surface area (Å²) in [6.07, 6.45) is 0.257. The van der Waals surface area contributed by atoms with E-state index in [-0.39, 0.29) is 36.1 Å². The number of hydrazine groups is 1. The van der Waals surface area contributed by atoms with Crippen LogP contribution in [-0.4, -0.2) is 45.2 Å². The highest BCUT2D eigenvalue weighted by Gasteiger charge is 2.71. The normalized spacial score (nSPS) is 30.9. The van der Waals surface area contributed by atoms with Gasteiger partial charge >= 0.3 is 0 Å². The van der Waals surface area contributed by atoms with Gasteiger partial charge in [-0.1, -0.05) is 39.0 Å². The van der Waals surface area contributed by atoms with Crippen LogP contribution in [0, 0.1) is 11.8 Å². The van der Waals surface area contributed by atoms with Crippen LogP contribution in [-0.2, 0) is 15.3 Å². The number of imide groups is 1. The number of carbonyl (C=O) groups excluding carboxylic acids is 3. The molecule has 6 nitrogen and oxygen atoms in total. The number of hydrogen-bond donors (Lipinski definition) is 0. The Bertz CT molecular complexity index is 790. The van der Waals surface area contributed by atoms with Crippen molar-refractivity contribution in [3.63, 3.8) is 0 Å². The average Bonchev–Trinajstić information content (AvgIpc) is 3.15. The molecule has 0 N–H and O–H groups in total. The van der Waals surface area contributed by atoms with E-state index in [1.54, 1.807) is 6.92 Å². The van der Waals surface area contributed by atoms with Crippen LogP contribution >= 0.6 is 0 Å². The quantitative estimate of drug-likeness (QED) is 0.825. The summed E-state index contributed by atoms with van der Waals surface area (Å²) in [5.74, 6) is -0.735. The molecule has 3 heterocycles. The van der Waals surface area contributed by atoms with Gasteiger partial charge in [-0.05, 0) is 18.9 Å². The fourth-order valence-corrected chi connectivity index (χ4v) is 4.76. The van der Waals surface area contributed by atoms with E-state index in [9.17, 15) is 14.4 Å². The maximum absolute atomic E-state index is 13.2. The van der Waals surface area contributed by atoms with Crippen molar-refractivity contribution < 1.29 is 14.4 Å². The van der Waals surface area contributed by atoms with Crippen LogP contribution in [0.5, 0.6) is 0 Å². The van der Waals surface area contributed by atoms with Crippen LogP contribution in [0.15, 0.2) is 24.3 Å². The fourth-order valence-electron chi connectivity index (χ4n) is 4.76. The first-order valence-electron chi connectivity index (χ1n) is 8.94. The van der Waals surface area contributed by atoms with Gasteiger partial charge in [-0.2, -0.15) is 5.01 Å². The molecule has 0 aliphatic carbocycles. The largest absolute Gasteiger partial charge is 0.309 e. The average molecular weight is 341 g/mol. The molecule has 132 valence electrons. The number of carbonyl (C=O) groups is 3. The third-order valence-corrected chi connectivity index (χ3v) is 5.96. The third kappa shape index (κ3) is 1.70. The van der Waals surface area contributed by atoms with Crippen molar-refractivity contribution in [2.45, 2.75) is 45.8 Å². The zero-order chi connectivity index (χ0) is 18.1. The molecule has 0 unspecified atom stereocenters. The number of benzene rings is 1. The van der Waals surface area contributed by atoms with E-state index in [0.29, 0.717) is 12.1 Å². The molecule has 4 rings (SSSR count). The molecule has 2 saturated heterocycles. The monoisotopic (exact) mass is 341 g/mol. The zero-order valence-electron chi connectivity index (χ0n) is 15.0. The molecule has 3 atom stereocenters. The second-order valence-electron chi connectivity index (χ2n) is 7.46. The van der Waals surface area contributed by atoms with Gasteiger partial charge in [0, 0.05) is 24.1 Å². The SMILES string of the molecule is CCC(=O)N1C(=O)[C@H](C)[C@@]23c4ccccc4C(=O)N2[C@@H](C(C)C)CN13. The van der Waals surface area contributed by atoms with Crippen LogP contribution in [0.2, 0.25) is 0 Å². The van der Waals surface area contributed by atoms with Crippen molar-refractivity contribution in [3.8, 4) is 0 Å². The summed E-state index contributed by atoms with van der Waals surface area (Å²) in [6.45, 7) is 8.25. The van der Waals surface area contributed by atoms with Gasteiger partial charge in [0.25, 0.3) is 11.8 Å². The second kappa shape index (κ2) is 5.14. The molecule has 0 bridgehead atoms. The maximum atomic E-state index is 13.2. The molecular weight excluding hydrogens is 318 g/mol. The summed E-state index contributed by atoms with van der Waals surface area (Å²) in [5, 5.41) is 3.16. The predicted molar refractivity (Wildman–Crippen MR) is 90.9 cm³/mol. The molecule has 0 aromatic heterocycles. The zero-order valence-corrected chi connectivity index (χ0v) is 15.0. The lowest BCUT2D eigenvalue weighted by molar-refractivity contribution is -0.159. The topological polar surface area (TPSA) is 60.9 Å². The maximum Gasteiger partial charge on any atom is 0.256 e. The minimum Gasteiger partial charge on any atom is -0.309 e. The molecule has 0 saturated carbocycles. The molecular formula is C19H23N3O3. The summed E-state index contributed by atoms with van der Waals surface area (Å²) in [6, 6.07) is 7.45. The fraction of sp³-hybridized carbons (Fsp3) is 0.526. The molecule has 3 aliphatic rings. The Morgan fingerprint density at radius 2 is 1.96 bits per heavy atom. The standard InChI is InChI=1S/C19H23N3O3/c1-5-16(23)22-17(24)12(4)19-14-9-7-6-8-13(14)18(25)21(19)15(11(2)3)10-20(19)22/h6-9,11-12,15H,5,10H2,1-4H3/t12-,15+,19-/m0/s1. The van der Waals surface area contributed by atoms with E-state index in [1.165, 1.54) is 5.01 Å². The lowest BCUT2D eigenvalue weighted by Gasteiger charge is -2.38. The number of rotatable bonds is 2. The first-order chi connectivity index (χ1) is 11.9. The Labute approximate surface area is 147 Å². The molecule has 6 heteroatoms. The summed E-state index contributed by atoms with van der Waals surface area (Å²) >= 11 is 0. The summed E-state index contributed by atoms with van der Waals surface area (Å²) in [4.78, 5) is 40.6. The lowest BCUT2D eigenvalue weighted by Crippen LogP contribution is -2.52. The Balaban J connectivity index is 1.98. The van der Waals surface area contributed by atoms with Crippen LogP contribution in [0.25, 0.3) is 0 Å². The van der Waals surface area contributed by atoms with Gasteiger partial charge in [0.2, 0.25) is 5.91 Å². The number of fused-ring (bicyclic) bond motifs is 1. The van der Waals surface area contributed by atoms with Gasteiger partial charge in [0.15, 0.2) is 5.66 Å². The minimum atomic E-state index is -0.871. The Kier molecular flexibility index (Phi) is 3.35. The van der Waals surface area contributed by atoms with E-state index in [1.807, 2.05) is 41.1 Å². The first kappa shape index (κ1) is 16.3. The summed E-state index contributed by atoms with van der Waals surface area (Å²) < 4.78 is 0. The molecule has 1 aromatic carbocycles. The Morgan fingerprint density at radius 3 is 2.60 bits per heavy atom. The second-order valence-corrected chi connectivity index (χ2v) is 7.46. The van der Waals surface area contributed by atoms with E-state index >= 15 is 0 Å². The Morgan fingerprint density at radius 1 is 1.28 bits per heavy atom. The van der Waals surface area contributed by atoms with Crippen LogP contribution in [0.1, 0.15) is 50.0 Å². The highest BCUT2D eigenvalue weighted by atomic mass is 16.2. The Hall–Kier alpha value is -2.21. The number of amides is 3. The van der Waals surface area contributed by atoms with E-state index in [2.05, 4.69) is 13.8 Å². The highest BCUT2D eigenvalue weighted by molar-refractivity contribution is 6.05. The molecule has 25 heavy (non-hydrogen) atoms. The van der Waals surface area contributed by atoms with Crippen molar-refractivity contribution in [2.75, 3.05) is 6.54 Å². The lowest BCUT2D eigenvalue weighted by atomic mass is 9.87. The third-order valence-electron chi connectivity index (χ3n) is 5.96. The molecule has 3 amide bonds. The van der Waals surface area contributed by atoms with Gasteiger partial charge in [-0.3, -0.25) is 14.4 Å². The van der Waals surface area contributed by atoms with E-state index in [0.717, 1.165) is 5.56 Å². The molecule has 3 aliphatic heterocycles. The summed E-state index contributed by atoms with van der Waals surface area (Å²) in [7, 11) is 0. The van der Waals surface area contributed by atoms with Crippen LogP contribution < -0.4 is 0 Å². The summed E-state index contributed by atoms with van der Waals surface area (Å²) in [5.41, 5.74) is 0.614. The molecule has 0 radical (unpaired) electrons. The highest BCUT2D eigenvalue weighted by Crippen LogP contribution is 2.57. The predicted octanol–water partition coefficient (Wildman–Crippen LogP) is 1.97. The van der Waals surface area contributed by atoms with Crippen molar-refractivity contribution in [3.05, 3.63) is 35.4 Å². The van der Waals surface area contributed by atoms with Crippen LogP contribution in [0.4, 0.5) is 0 Å². The van der Waals surface area contributed by atoms with Gasteiger partial charge in [0.05, 0.1) is 12.0 Å². The van der Waals surface area contributed by atoms with Gasteiger partial charge in [-0.25, -0.2) is 5.01 Å². The molecule has 2 fully saturated rings. The van der Waals surface area contributed by atoms with Gasteiger partial charge in [-0.15, -0.1) is 0 Å². The van der Waals surface area contributed by atoms with Gasteiger partial charge < -0.3 is 4.90 Å². The van der Waals surface area contributed by atoms with Gasteiger partial charge in [0.1, 0.15) is 0 Å². The van der Waals surface area contributed by atoms with Crippen molar-refractivity contribution in [2.24, 2.45) is 11.8 Å². The van der Waals surface area contributed by atoms with E-state index in [4.69, 9.17) is 0 Å². The molecule has 1 aromatic rings. The van der Waals surface area contributed by atoms with Crippen LogP contribution in [0.3, 0.4) is 0 Å². The van der Waals surface area contributed by atoms with Crippen molar-refractivity contribution >= 4 is 17.7 Å². The minimum absolute atomic E-state index is 0.0393. The van der Waals surface area contributed by atoms with Crippen molar-refractivity contribution in [1.82, 2.24) is 14.9 Å². The number of nitrogens with zero attached hydrogens (tertiary/aromatic N) is 3. The van der Waals surface area contributed by atoms with Crippen molar-refractivity contribution in [1.29, 1.82) is 0 Å². The van der Waals surface area contributed by atoms with E-state index < -0.39 is 11.6 Å². The molecule has 1 spiro atoms. The number of hydrogen-bond acceptors (Lipinski definition) is 4.